The third-order valence-corrected chi connectivity index (χ3v) is 4.66. The number of carboxylic acids is 2. The van der Waals surface area contributed by atoms with Gasteiger partial charge in [0.15, 0.2) is 0 Å². The highest BCUT2D eigenvalue weighted by molar-refractivity contribution is 5.89. The Hall–Kier alpha value is -3.65. The molecule has 1 saturated heterocycles. The molecule has 3 heterocycles. The van der Waals surface area contributed by atoms with Gasteiger partial charge in [-0.15, -0.1) is 0 Å². The van der Waals surface area contributed by atoms with Crippen LogP contribution in [-0.4, -0.2) is 57.9 Å². The van der Waals surface area contributed by atoms with Crippen LogP contribution in [0.1, 0.15) is 6.42 Å². The number of carbonyl (C=O) groups is 2. The molecular weight excluding hydrogens is 384 g/mol. The number of carboxylic acid groups (broad SMARTS) is 2. The van der Waals surface area contributed by atoms with Crippen molar-refractivity contribution < 1.29 is 19.8 Å². The van der Waals surface area contributed by atoms with Gasteiger partial charge in [-0.2, -0.15) is 0 Å². The van der Waals surface area contributed by atoms with Gasteiger partial charge in [-0.3, -0.25) is 4.98 Å². The first-order valence-electron chi connectivity index (χ1n) is 9.66. The molecule has 1 aromatic carbocycles. The molecule has 1 fully saturated rings. The molecule has 0 radical (unpaired) electrons. The van der Waals surface area contributed by atoms with Crippen molar-refractivity contribution in [2.24, 2.45) is 0 Å². The summed E-state index contributed by atoms with van der Waals surface area (Å²) in [4.78, 5) is 26.0. The number of benzene rings is 1. The summed E-state index contributed by atoms with van der Waals surface area (Å²) in [6.45, 7) is 4.27. The molecular formula is C22H24N4O4. The fourth-order valence-corrected chi connectivity index (χ4v) is 3.28. The van der Waals surface area contributed by atoms with Crippen LogP contribution in [0.3, 0.4) is 0 Å². The van der Waals surface area contributed by atoms with Gasteiger partial charge in [-0.25, -0.2) is 9.59 Å². The summed E-state index contributed by atoms with van der Waals surface area (Å²) >= 11 is 0. The van der Waals surface area contributed by atoms with Crippen molar-refractivity contribution in [3.63, 3.8) is 0 Å². The molecule has 1 aliphatic rings. The maximum atomic E-state index is 9.55. The Balaban J connectivity index is 0.000000275. The third-order valence-electron chi connectivity index (χ3n) is 4.66. The summed E-state index contributed by atoms with van der Waals surface area (Å²) in [6.07, 6.45) is 8.32. The van der Waals surface area contributed by atoms with Crippen LogP contribution in [0.2, 0.25) is 0 Å². The average molecular weight is 408 g/mol. The van der Waals surface area contributed by atoms with E-state index in [1.807, 2.05) is 12.4 Å². The van der Waals surface area contributed by atoms with Crippen molar-refractivity contribution >= 4 is 28.5 Å². The SMILES string of the molecule is O=C(O)/C=C/C(=O)O.c1ccc2c(c1)ccn2-c1cncc(N2CCCNCC2)c1. The summed E-state index contributed by atoms with van der Waals surface area (Å²) in [5.41, 5.74) is 3.55. The predicted octanol–water partition coefficient (Wildman–Crippen LogP) is 2.54. The van der Waals surface area contributed by atoms with E-state index in [0.717, 1.165) is 31.9 Å². The van der Waals surface area contributed by atoms with Crippen molar-refractivity contribution in [1.82, 2.24) is 14.9 Å². The highest BCUT2D eigenvalue weighted by Crippen LogP contribution is 2.23. The van der Waals surface area contributed by atoms with E-state index in [-0.39, 0.29) is 0 Å². The molecule has 0 bridgehead atoms. The van der Waals surface area contributed by atoms with Gasteiger partial charge in [0.25, 0.3) is 0 Å². The van der Waals surface area contributed by atoms with Crippen LogP contribution in [0.15, 0.2) is 67.1 Å². The highest BCUT2D eigenvalue weighted by atomic mass is 16.4. The van der Waals surface area contributed by atoms with E-state index in [0.29, 0.717) is 12.2 Å². The van der Waals surface area contributed by atoms with E-state index in [4.69, 9.17) is 10.2 Å². The molecule has 0 amide bonds. The van der Waals surface area contributed by atoms with Crippen molar-refractivity contribution in [3.8, 4) is 5.69 Å². The van der Waals surface area contributed by atoms with Crippen LogP contribution < -0.4 is 10.2 Å². The summed E-state index contributed by atoms with van der Waals surface area (Å²) in [5, 5.41) is 20.3. The summed E-state index contributed by atoms with van der Waals surface area (Å²) < 4.78 is 2.21. The number of nitrogens with one attached hydrogen (secondary N) is 1. The topological polar surface area (TPSA) is 108 Å². The van der Waals surface area contributed by atoms with E-state index < -0.39 is 11.9 Å². The van der Waals surface area contributed by atoms with E-state index in [2.05, 4.69) is 62.4 Å². The highest BCUT2D eigenvalue weighted by Gasteiger charge is 2.11. The first-order valence-corrected chi connectivity index (χ1v) is 9.66. The van der Waals surface area contributed by atoms with Crippen LogP contribution in [0.25, 0.3) is 16.6 Å². The quantitative estimate of drug-likeness (QED) is 0.570. The second-order valence-electron chi connectivity index (χ2n) is 6.75. The van der Waals surface area contributed by atoms with Gasteiger partial charge < -0.3 is 25.0 Å². The lowest BCUT2D eigenvalue weighted by Crippen LogP contribution is -2.27. The summed E-state index contributed by atoms with van der Waals surface area (Å²) in [5.74, 6) is -2.51. The number of para-hydroxylation sites is 1. The van der Waals surface area contributed by atoms with Crippen molar-refractivity contribution in [1.29, 1.82) is 0 Å². The first-order chi connectivity index (χ1) is 14.5. The van der Waals surface area contributed by atoms with Crippen LogP contribution in [0, 0.1) is 0 Å². The van der Waals surface area contributed by atoms with E-state index in [9.17, 15) is 9.59 Å². The molecule has 3 aromatic rings. The number of aliphatic carboxylic acids is 2. The zero-order valence-corrected chi connectivity index (χ0v) is 16.4. The van der Waals surface area contributed by atoms with Gasteiger partial charge >= 0.3 is 11.9 Å². The first kappa shape index (κ1) is 21.1. The predicted molar refractivity (Wildman–Crippen MR) is 115 cm³/mol. The van der Waals surface area contributed by atoms with Crippen molar-refractivity contribution in [2.75, 3.05) is 31.1 Å². The molecule has 8 heteroatoms. The molecule has 1 aliphatic heterocycles. The fourth-order valence-electron chi connectivity index (χ4n) is 3.28. The molecule has 0 aliphatic carbocycles. The Morgan fingerprint density at radius 2 is 1.70 bits per heavy atom. The molecule has 2 aromatic heterocycles. The number of rotatable bonds is 4. The zero-order chi connectivity index (χ0) is 21.3. The number of nitrogens with zero attached hydrogens (tertiary/aromatic N) is 3. The van der Waals surface area contributed by atoms with Gasteiger partial charge in [-0.1, -0.05) is 18.2 Å². The lowest BCUT2D eigenvalue weighted by Gasteiger charge is -2.22. The molecule has 8 nitrogen and oxygen atoms in total. The average Bonchev–Trinajstić information content (AvgIpc) is 2.98. The fraction of sp³-hybridized carbons (Fsp3) is 0.227. The van der Waals surface area contributed by atoms with Gasteiger partial charge in [0, 0.05) is 38.0 Å². The Morgan fingerprint density at radius 3 is 2.47 bits per heavy atom. The second kappa shape index (κ2) is 10.2. The Kier molecular flexibility index (Phi) is 7.18. The van der Waals surface area contributed by atoms with Crippen LogP contribution >= 0.6 is 0 Å². The standard InChI is InChI=1S/C18H20N4.C4H4O4/c1-2-5-18-15(4-1)6-10-22(18)17-12-16(13-20-14-17)21-9-3-7-19-8-11-21;5-3(6)1-2-4(7)8/h1-2,4-6,10,12-14,19H,3,7-9,11H2;1-2H,(H,5,6)(H,7,8)/b;2-1+. The minimum Gasteiger partial charge on any atom is -0.478 e. The van der Waals surface area contributed by atoms with Gasteiger partial charge in [0.2, 0.25) is 0 Å². The van der Waals surface area contributed by atoms with Crippen LogP contribution in [0.4, 0.5) is 5.69 Å². The molecule has 0 spiro atoms. The monoisotopic (exact) mass is 408 g/mol. The third kappa shape index (κ3) is 5.68. The molecule has 0 atom stereocenters. The van der Waals surface area contributed by atoms with Crippen molar-refractivity contribution in [2.45, 2.75) is 6.42 Å². The number of hydrogen-bond acceptors (Lipinski definition) is 5. The Morgan fingerprint density at radius 1 is 0.967 bits per heavy atom. The number of anilines is 1. The molecule has 3 N–H and O–H groups in total. The zero-order valence-electron chi connectivity index (χ0n) is 16.4. The Bertz CT molecular complexity index is 1020. The normalized spacial score (nSPS) is 14.2. The van der Waals surface area contributed by atoms with E-state index in [1.54, 1.807) is 0 Å². The second-order valence-corrected chi connectivity index (χ2v) is 6.75. The van der Waals surface area contributed by atoms with Crippen LogP contribution in [-0.2, 0) is 9.59 Å². The number of pyridine rings is 1. The van der Waals surface area contributed by atoms with Gasteiger partial charge in [0.05, 0.1) is 29.3 Å². The lowest BCUT2D eigenvalue weighted by molar-refractivity contribution is -0.134. The minimum atomic E-state index is -1.26. The summed E-state index contributed by atoms with van der Waals surface area (Å²) in [6, 6.07) is 12.8. The number of hydrogen-bond donors (Lipinski definition) is 3. The van der Waals surface area contributed by atoms with E-state index >= 15 is 0 Å². The summed E-state index contributed by atoms with van der Waals surface area (Å²) in [7, 11) is 0. The number of aromatic nitrogens is 2. The number of fused-ring (bicyclic) bond motifs is 1. The molecule has 0 saturated carbocycles. The smallest absolute Gasteiger partial charge is 0.328 e. The van der Waals surface area contributed by atoms with Crippen LogP contribution in [0.5, 0.6) is 0 Å². The van der Waals surface area contributed by atoms with Gasteiger partial charge in [-0.05, 0) is 36.6 Å². The maximum absolute atomic E-state index is 9.55. The molecule has 4 rings (SSSR count). The van der Waals surface area contributed by atoms with Gasteiger partial charge in [0.1, 0.15) is 0 Å². The van der Waals surface area contributed by atoms with E-state index in [1.165, 1.54) is 23.0 Å². The Labute approximate surface area is 174 Å². The molecule has 30 heavy (non-hydrogen) atoms. The largest absolute Gasteiger partial charge is 0.478 e. The maximum Gasteiger partial charge on any atom is 0.328 e. The lowest BCUT2D eigenvalue weighted by atomic mass is 10.2. The molecule has 0 unspecified atom stereocenters. The van der Waals surface area contributed by atoms with Crippen molar-refractivity contribution in [3.05, 3.63) is 67.1 Å². The minimum absolute atomic E-state index is 0.558. The molecule has 156 valence electrons.